The molecule has 0 saturated heterocycles. The maximum Gasteiger partial charge on any atom is 0.0702 e. The molecule has 0 fully saturated rings. The zero-order chi connectivity index (χ0) is 11.4. The molecule has 84 valence electrons. The Balaban J connectivity index is 2.19. The molecule has 2 rings (SSSR count). The molecule has 0 amide bonds. The fourth-order valence-corrected chi connectivity index (χ4v) is 2.05. The highest BCUT2D eigenvalue weighted by atomic mass is 35.5. The Hall–Kier alpha value is -1.12. The number of nitrogens with zero attached hydrogens (tertiary/aromatic N) is 2. The number of hydrogen-bond donors (Lipinski definition) is 0. The van der Waals surface area contributed by atoms with Crippen molar-refractivity contribution in [2.45, 2.75) is 6.54 Å². The molecule has 0 spiro atoms. The quantitative estimate of drug-likeness (QED) is 0.757. The smallest absolute Gasteiger partial charge is 0.0702 e. The number of benzene rings is 1. The minimum atomic E-state index is 0.672. The lowest BCUT2D eigenvalue weighted by Gasteiger charge is -2.15. The Bertz CT molecular complexity index is 470. The second kappa shape index (κ2) is 5.28. The molecule has 2 aromatic rings. The van der Waals surface area contributed by atoms with Gasteiger partial charge in [0.15, 0.2) is 0 Å². The van der Waals surface area contributed by atoms with Crippen LogP contribution in [-0.4, -0.2) is 29.4 Å². The van der Waals surface area contributed by atoms with E-state index >= 15 is 0 Å². The molecule has 0 aliphatic rings. The van der Waals surface area contributed by atoms with Gasteiger partial charge in [-0.1, -0.05) is 12.1 Å². The highest BCUT2D eigenvalue weighted by Crippen LogP contribution is 2.14. The third kappa shape index (κ3) is 2.71. The number of rotatable bonds is 4. The molecule has 1 heterocycles. The predicted octanol–water partition coefficient (Wildman–Crippen LogP) is 2.91. The summed E-state index contributed by atoms with van der Waals surface area (Å²) in [6.45, 7) is 1.84. The largest absolute Gasteiger partial charge is 0.301 e. The summed E-state index contributed by atoms with van der Waals surface area (Å²) >= 11 is 5.71. The first-order valence-corrected chi connectivity index (χ1v) is 5.91. The predicted molar refractivity (Wildman–Crippen MR) is 68.8 cm³/mol. The lowest BCUT2D eigenvalue weighted by Crippen LogP contribution is -2.19. The SMILES string of the molecule is CN(CCCl)Cc1ccc2ncccc2c1. The molecule has 2 nitrogen and oxygen atoms in total. The monoisotopic (exact) mass is 234 g/mol. The molecule has 3 heteroatoms. The van der Waals surface area contributed by atoms with Crippen LogP contribution in [0.5, 0.6) is 0 Å². The number of aromatic nitrogens is 1. The zero-order valence-corrected chi connectivity index (χ0v) is 10.1. The van der Waals surface area contributed by atoms with Crippen LogP contribution in [0.25, 0.3) is 10.9 Å². The fourth-order valence-electron chi connectivity index (χ4n) is 1.76. The molecule has 0 atom stereocenters. The van der Waals surface area contributed by atoms with Gasteiger partial charge in [-0.25, -0.2) is 0 Å². The molecule has 0 aliphatic carbocycles. The molecule has 16 heavy (non-hydrogen) atoms. The van der Waals surface area contributed by atoms with Crippen LogP contribution in [0.2, 0.25) is 0 Å². The van der Waals surface area contributed by atoms with E-state index in [1.165, 1.54) is 10.9 Å². The van der Waals surface area contributed by atoms with Gasteiger partial charge in [-0.3, -0.25) is 4.98 Å². The van der Waals surface area contributed by atoms with Crippen molar-refractivity contribution in [3.63, 3.8) is 0 Å². The van der Waals surface area contributed by atoms with Crippen molar-refractivity contribution in [3.8, 4) is 0 Å². The van der Waals surface area contributed by atoms with E-state index in [0.717, 1.165) is 18.6 Å². The summed E-state index contributed by atoms with van der Waals surface area (Å²) in [7, 11) is 2.08. The Morgan fingerprint density at radius 3 is 3.00 bits per heavy atom. The third-order valence-electron chi connectivity index (χ3n) is 2.59. The molecular formula is C13H15ClN2. The van der Waals surface area contributed by atoms with Gasteiger partial charge in [0.2, 0.25) is 0 Å². The first kappa shape index (κ1) is 11.4. The summed E-state index contributed by atoms with van der Waals surface area (Å²) in [6.07, 6.45) is 1.82. The van der Waals surface area contributed by atoms with Gasteiger partial charge >= 0.3 is 0 Å². The fraction of sp³-hybridized carbons (Fsp3) is 0.308. The van der Waals surface area contributed by atoms with Crippen molar-refractivity contribution in [3.05, 3.63) is 42.1 Å². The van der Waals surface area contributed by atoms with Crippen LogP contribution in [0.4, 0.5) is 0 Å². The topological polar surface area (TPSA) is 16.1 Å². The van der Waals surface area contributed by atoms with Crippen molar-refractivity contribution in [1.29, 1.82) is 0 Å². The van der Waals surface area contributed by atoms with Crippen LogP contribution < -0.4 is 0 Å². The van der Waals surface area contributed by atoms with E-state index in [2.05, 4.69) is 41.2 Å². The first-order valence-electron chi connectivity index (χ1n) is 5.38. The van der Waals surface area contributed by atoms with Crippen molar-refractivity contribution in [2.24, 2.45) is 0 Å². The summed E-state index contributed by atoms with van der Waals surface area (Å²) in [5, 5.41) is 1.19. The molecule has 0 aliphatic heterocycles. The lowest BCUT2D eigenvalue weighted by molar-refractivity contribution is 0.348. The van der Waals surface area contributed by atoms with Gasteiger partial charge in [-0.15, -0.1) is 11.6 Å². The minimum absolute atomic E-state index is 0.672. The molecule has 0 unspecified atom stereocenters. The van der Waals surface area contributed by atoms with Crippen molar-refractivity contribution in [2.75, 3.05) is 19.5 Å². The van der Waals surface area contributed by atoms with Crippen molar-refractivity contribution >= 4 is 22.5 Å². The number of pyridine rings is 1. The molecule has 1 aromatic carbocycles. The van der Waals surface area contributed by atoms with Crippen LogP contribution in [0.3, 0.4) is 0 Å². The summed E-state index contributed by atoms with van der Waals surface area (Å²) in [5.74, 6) is 0.672. The van der Waals surface area contributed by atoms with Gasteiger partial charge in [0.25, 0.3) is 0 Å². The summed E-state index contributed by atoms with van der Waals surface area (Å²) in [6, 6.07) is 10.4. The van der Waals surface area contributed by atoms with E-state index in [1.54, 1.807) is 0 Å². The molecule has 0 saturated carbocycles. The molecule has 0 bridgehead atoms. The Labute approximate surface area is 101 Å². The average Bonchev–Trinajstić information content (AvgIpc) is 2.29. The number of hydrogen-bond acceptors (Lipinski definition) is 2. The highest BCUT2D eigenvalue weighted by molar-refractivity contribution is 6.18. The van der Waals surface area contributed by atoms with Gasteiger partial charge in [0, 0.05) is 30.6 Å². The van der Waals surface area contributed by atoms with Crippen LogP contribution in [0, 0.1) is 0 Å². The highest BCUT2D eigenvalue weighted by Gasteiger charge is 2.01. The number of alkyl halides is 1. The van der Waals surface area contributed by atoms with E-state index in [0.29, 0.717) is 5.88 Å². The van der Waals surface area contributed by atoms with Crippen LogP contribution in [0.15, 0.2) is 36.5 Å². The molecule has 1 aromatic heterocycles. The number of fused-ring (bicyclic) bond motifs is 1. The van der Waals surface area contributed by atoms with E-state index in [4.69, 9.17) is 11.6 Å². The molecule has 0 N–H and O–H groups in total. The van der Waals surface area contributed by atoms with Gasteiger partial charge in [-0.05, 0) is 30.8 Å². The minimum Gasteiger partial charge on any atom is -0.301 e. The van der Waals surface area contributed by atoms with Crippen molar-refractivity contribution in [1.82, 2.24) is 9.88 Å². The van der Waals surface area contributed by atoms with Crippen molar-refractivity contribution < 1.29 is 0 Å². The standard InChI is InChI=1S/C13H15ClN2/c1-16(8-6-14)10-11-4-5-13-12(9-11)3-2-7-15-13/h2-5,7,9H,6,8,10H2,1H3. The van der Waals surface area contributed by atoms with Gasteiger partial charge in [0.1, 0.15) is 0 Å². The Kier molecular flexibility index (Phi) is 3.75. The lowest BCUT2D eigenvalue weighted by atomic mass is 10.1. The van der Waals surface area contributed by atoms with Crippen LogP contribution in [-0.2, 0) is 6.54 Å². The zero-order valence-electron chi connectivity index (χ0n) is 9.36. The number of halogens is 1. The second-order valence-electron chi connectivity index (χ2n) is 3.96. The van der Waals surface area contributed by atoms with Crippen LogP contribution in [0.1, 0.15) is 5.56 Å². The normalized spacial score (nSPS) is 11.2. The van der Waals surface area contributed by atoms with Crippen LogP contribution >= 0.6 is 11.6 Å². The molecular weight excluding hydrogens is 220 g/mol. The maximum absolute atomic E-state index is 5.71. The van der Waals surface area contributed by atoms with E-state index < -0.39 is 0 Å². The Morgan fingerprint density at radius 1 is 1.31 bits per heavy atom. The summed E-state index contributed by atoms with van der Waals surface area (Å²) in [4.78, 5) is 6.52. The van der Waals surface area contributed by atoms with Gasteiger partial charge < -0.3 is 4.90 Å². The van der Waals surface area contributed by atoms with Gasteiger partial charge in [-0.2, -0.15) is 0 Å². The second-order valence-corrected chi connectivity index (χ2v) is 4.34. The summed E-state index contributed by atoms with van der Waals surface area (Å²) in [5.41, 5.74) is 2.35. The molecule has 0 radical (unpaired) electrons. The average molecular weight is 235 g/mol. The van der Waals surface area contributed by atoms with Gasteiger partial charge in [0.05, 0.1) is 5.52 Å². The first-order chi connectivity index (χ1) is 7.79. The van der Waals surface area contributed by atoms with E-state index in [1.807, 2.05) is 12.3 Å². The third-order valence-corrected chi connectivity index (χ3v) is 2.76. The van der Waals surface area contributed by atoms with E-state index in [9.17, 15) is 0 Å². The Morgan fingerprint density at radius 2 is 2.19 bits per heavy atom. The maximum atomic E-state index is 5.71. The summed E-state index contributed by atoms with van der Waals surface area (Å²) < 4.78 is 0. The van der Waals surface area contributed by atoms with E-state index in [-0.39, 0.29) is 0 Å².